The van der Waals surface area contributed by atoms with Gasteiger partial charge in [0.2, 0.25) is 11.8 Å². The van der Waals surface area contributed by atoms with E-state index in [9.17, 15) is 14.4 Å². The second-order valence-corrected chi connectivity index (χ2v) is 10.4. The van der Waals surface area contributed by atoms with Crippen molar-refractivity contribution >= 4 is 67.8 Å². The molecular formula is C20H33Cl2N4O4PS. The summed E-state index contributed by atoms with van der Waals surface area (Å²) < 4.78 is 4.70. The molecule has 0 aromatic heterocycles. The molecule has 32 heavy (non-hydrogen) atoms. The van der Waals surface area contributed by atoms with Gasteiger partial charge in [-0.05, 0) is 56.7 Å². The van der Waals surface area contributed by atoms with Crippen LogP contribution >= 0.6 is 44.9 Å². The maximum atomic E-state index is 12.6. The van der Waals surface area contributed by atoms with Gasteiger partial charge in [-0.1, -0.05) is 6.42 Å². The second-order valence-electron chi connectivity index (χ2n) is 8.53. The van der Waals surface area contributed by atoms with Crippen LogP contribution in [-0.4, -0.2) is 59.3 Å². The smallest absolute Gasteiger partial charge is 0.310 e. The molecule has 6 unspecified atom stereocenters. The van der Waals surface area contributed by atoms with Crippen molar-refractivity contribution in [3.63, 3.8) is 0 Å². The normalized spacial score (nSPS) is 28.7. The predicted molar refractivity (Wildman–Crippen MR) is 133 cm³/mol. The van der Waals surface area contributed by atoms with Crippen molar-refractivity contribution in [2.24, 2.45) is 11.8 Å². The van der Waals surface area contributed by atoms with Crippen LogP contribution in [0.25, 0.3) is 0 Å². The van der Waals surface area contributed by atoms with Crippen LogP contribution in [0.15, 0.2) is 0 Å². The van der Waals surface area contributed by atoms with E-state index in [1.54, 1.807) is 7.05 Å². The van der Waals surface area contributed by atoms with Gasteiger partial charge in [-0.15, -0.1) is 23.2 Å². The number of carbonyl (C=O) groups is 3. The molecule has 182 valence electrons. The Hall–Kier alpha value is -0.890. The van der Waals surface area contributed by atoms with E-state index in [1.807, 2.05) is 9.47 Å². The van der Waals surface area contributed by atoms with Crippen LogP contribution in [0.1, 0.15) is 51.4 Å². The molecule has 0 radical (unpaired) electrons. The SMILES string of the molecule is CNC(=S)NC1CCCC(C(=O)NCC(=O)NC(CC(=O)OP)C2CC(Cl)CC(Cl)C2)C1. The van der Waals surface area contributed by atoms with E-state index < -0.39 is 12.0 Å². The first-order valence-corrected chi connectivity index (χ1v) is 12.7. The zero-order valence-corrected chi connectivity index (χ0v) is 21.7. The minimum Gasteiger partial charge on any atom is -0.451 e. The monoisotopic (exact) mass is 526 g/mol. The molecular weight excluding hydrogens is 494 g/mol. The summed E-state index contributed by atoms with van der Waals surface area (Å²) in [4.78, 5) is 37.1. The lowest BCUT2D eigenvalue weighted by Gasteiger charge is -2.34. The van der Waals surface area contributed by atoms with Gasteiger partial charge in [-0.25, -0.2) is 0 Å². The first-order valence-electron chi connectivity index (χ1n) is 10.9. The van der Waals surface area contributed by atoms with Crippen LogP contribution in [0.4, 0.5) is 0 Å². The molecule has 12 heteroatoms. The lowest BCUT2D eigenvalue weighted by atomic mass is 9.82. The molecule has 0 heterocycles. The van der Waals surface area contributed by atoms with Gasteiger partial charge in [0.15, 0.2) is 5.11 Å². The van der Waals surface area contributed by atoms with Crippen molar-refractivity contribution < 1.29 is 18.9 Å². The van der Waals surface area contributed by atoms with Crippen LogP contribution in [0.2, 0.25) is 0 Å². The van der Waals surface area contributed by atoms with Gasteiger partial charge in [0, 0.05) is 35.8 Å². The fourth-order valence-electron chi connectivity index (χ4n) is 4.50. The highest BCUT2D eigenvalue weighted by atomic mass is 35.5. The zero-order chi connectivity index (χ0) is 23.7. The molecule has 0 aromatic rings. The molecule has 2 fully saturated rings. The van der Waals surface area contributed by atoms with E-state index >= 15 is 0 Å². The first-order chi connectivity index (χ1) is 15.2. The molecule has 8 nitrogen and oxygen atoms in total. The highest BCUT2D eigenvalue weighted by Gasteiger charge is 2.34. The van der Waals surface area contributed by atoms with Crippen LogP contribution in [0.5, 0.6) is 0 Å². The third-order valence-electron chi connectivity index (χ3n) is 6.09. The molecule has 2 amide bonds. The number of thiocarbonyl (C=S) groups is 1. The minimum absolute atomic E-state index is 0.0163. The van der Waals surface area contributed by atoms with Crippen molar-refractivity contribution in [1.82, 2.24) is 21.3 Å². The van der Waals surface area contributed by atoms with Crippen LogP contribution < -0.4 is 21.3 Å². The van der Waals surface area contributed by atoms with Crippen molar-refractivity contribution in [2.45, 2.75) is 74.2 Å². The fraction of sp³-hybridized carbons (Fsp3) is 0.800. The van der Waals surface area contributed by atoms with Gasteiger partial charge >= 0.3 is 5.97 Å². The van der Waals surface area contributed by atoms with Crippen molar-refractivity contribution in [1.29, 1.82) is 0 Å². The Morgan fingerprint density at radius 1 is 1.12 bits per heavy atom. The second kappa shape index (κ2) is 13.7. The third-order valence-corrected chi connectivity index (χ3v) is 7.39. The number of nitrogens with one attached hydrogen (secondary N) is 4. The Labute approximate surface area is 207 Å². The van der Waals surface area contributed by atoms with Crippen molar-refractivity contribution in [3.8, 4) is 0 Å². The van der Waals surface area contributed by atoms with Gasteiger partial charge in [-0.3, -0.25) is 14.4 Å². The number of rotatable bonds is 8. The summed E-state index contributed by atoms with van der Waals surface area (Å²) in [7, 11) is 3.67. The Bertz CT molecular complexity index is 680. The molecule has 0 aromatic carbocycles. The molecule has 2 saturated carbocycles. The topological polar surface area (TPSA) is 109 Å². The molecule has 6 atom stereocenters. The number of hydrogen-bond donors (Lipinski definition) is 4. The largest absolute Gasteiger partial charge is 0.451 e. The maximum absolute atomic E-state index is 12.6. The van der Waals surface area contributed by atoms with Crippen molar-refractivity contribution in [3.05, 3.63) is 0 Å². The number of halogens is 2. The molecule has 0 saturated heterocycles. The summed E-state index contributed by atoms with van der Waals surface area (Å²) in [6, 6.07) is -0.324. The van der Waals surface area contributed by atoms with Gasteiger partial charge in [0.1, 0.15) is 0 Å². The number of alkyl halides is 2. The fourth-order valence-corrected chi connectivity index (χ4v) is 5.74. The molecule has 0 bridgehead atoms. The summed E-state index contributed by atoms with van der Waals surface area (Å²) in [5.41, 5.74) is 0. The third kappa shape index (κ3) is 9.16. The van der Waals surface area contributed by atoms with E-state index in [0.29, 0.717) is 30.8 Å². The van der Waals surface area contributed by atoms with E-state index in [-0.39, 0.29) is 53.4 Å². The molecule has 4 N–H and O–H groups in total. The number of hydrogen-bond acceptors (Lipinski definition) is 5. The minimum atomic E-state index is -0.457. The van der Waals surface area contributed by atoms with Gasteiger partial charge < -0.3 is 25.8 Å². The summed E-state index contributed by atoms with van der Waals surface area (Å²) in [6.45, 7) is -0.157. The highest BCUT2D eigenvalue weighted by Crippen LogP contribution is 2.34. The van der Waals surface area contributed by atoms with E-state index in [1.165, 1.54) is 0 Å². The molecule has 0 spiro atoms. The lowest BCUT2D eigenvalue weighted by Crippen LogP contribution is -2.49. The van der Waals surface area contributed by atoms with Gasteiger partial charge in [-0.2, -0.15) is 0 Å². The van der Waals surface area contributed by atoms with E-state index in [0.717, 1.165) is 19.3 Å². The average molecular weight is 527 g/mol. The maximum Gasteiger partial charge on any atom is 0.310 e. The van der Waals surface area contributed by atoms with E-state index in [4.69, 9.17) is 39.9 Å². The lowest BCUT2D eigenvalue weighted by molar-refractivity contribution is -0.135. The summed E-state index contributed by atoms with van der Waals surface area (Å²) in [6.07, 6.45) is 5.31. The van der Waals surface area contributed by atoms with Crippen LogP contribution in [-0.2, 0) is 18.9 Å². The van der Waals surface area contributed by atoms with Crippen LogP contribution in [0, 0.1) is 11.8 Å². The Balaban J connectivity index is 1.87. The molecule has 0 aliphatic heterocycles. The number of carbonyl (C=O) groups excluding carboxylic acids is 3. The highest BCUT2D eigenvalue weighted by molar-refractivity contribution is 7.80. The standard InChI is InChI=1S/C20H33Cl2N4O4PS/c1-23-20(32)25-15-4-2-3-11(7-15)19(29)24-10-17(27)26-16(9-18(28)30-31)12-5-13(21)8-14(22)6-12/h11-16H,2-10,31H2,1H3,(H,24,29)(H,26,27)(H2,23,25,32). The molecule has 2 rings (SSSR count). The summed E-state index contributed by atoms with van der Waals surface area (Å²) in [5.74, 6) is -1.18. The molecule has 2 aliphatic carbocycles. The zero-order valence-electron chi connectivity index (χ0n) is 18.2. The summed E-state index contributed by atoms with van der Waals surface area (Å²) in [5, 5.41) is 12.0. The van der Waals surface area contributed by atoms with Crippen LogP contribution in [0.3, 0.4) is 0 Å². The summed E-state index contributed by atoms with van der Waals surface area (Å²) >= 11 is 17.8. The Morgan fingerprint density at radius 2 is 1.81 bits per heavy atom. The first kappa shape index (κ1) is 27.4. The van der Waals surface area contributed by atoms with E-state index in [2.05, 4.69) is 21.3 Å². The van der Waals surface area contributed by atoms with Crippen molar-refractivity contribution in [2.75, 3.05) is 13.6 Å². The molecule has 2 aliphatic rings. The predicted octanol–water partition coefficient (Wildman–Crippen LogP) is 1.98. The Morgan fingerprint density at radius 3 is 2.44 bits per heavy atom. The average Bonchev–Trinajstić information content (AvgIpc) is 2.76. The quantitative estimate of drug-likeness (QED) is 0.217. The van der Waals surface area contributed by atoms with Gasteiger partial charge in [0.05, 0.1) is 22.4 Å². The Kier molecular flexibility index (Phi) is 11.7. The number of amides is 2. The van der Waals surface area contributed by atoms with Gasteiger partial charge in [0.25, 0.3) is 0 Å².